The fourth-order valence-electron chi connectivity index (χ4n) is 1.56. The van der Waals surface area contributed by atoms with E-state index in [0.29, 0.717) is 0 Å². The highest BCUT2D eigenvalue weighted by molar-refractivity contribution is 7.99. The van der Waals surface area contributed by atoms with Crippen LogP contribution < -0.4 is 5.32 Å². The Morgan fingerprint density at radius 2 is 2.27 bits per heavy atom. The van der Waals surface area contributed by atoms with Crippen LogP contribution in [-0.2, 0) is 0 Å². The average Bonchev–Trinajstić information content (AvgIpc) is 2.72. The lowest BCUT2D eigenvalue weighted by Gasteiger charge is -2.24. The highest BCUT2D eigenvalue weighted by atomic mass is 32.2. The summed E-state index contributed by atoms with van der Waals surface area (Å²) in [6.07, 6.45) is 3.69. The molecular weight excluding hydrogens is 210 g/mol. The molecule has 0 fully saturated rings. The first-order valence-corrected chi connectivity index (χ1v) is 6.41. The third-order valence-corrected chi connectivity index (χ3v) is 3.69. The van der Waals surface area contributed by atoms with Gasteiger partial charge in [0.15, 0.2) is 0 Å². The maximum atomic E-state index is 9.16. The molecule has 1 rings (SSSR count). The zero-order chi connectivity index (χ0) is 11.3. The second-order valence-electron chi connectivity index (χ2n) is 3.65. The van der Waals surface area contributed by atoms with Gasteiger partial charge < -0.3 is 14.8 Å². The average molecular weight is 229 g/mol. The number of furan rings is 1. The van der Waals surface area contributed by atoms with Crippen molar-refractivity contribution in [2.75, 3.05) is 12.9 Å². The number of aliphatic hydroxyl groups is 1. The molecule has 1 heterocycles. The molecular formula is C11H19NO2S. The van der Waals surface area contributed by atoms with E-state index in [9.17, 15) is 0 Å². The number of nitrogens with one attached hydrogen (secondary N) is 1. The lowest BCUT2D eigenvalue weighted by molar-refractivity contribution is 0.268. The van der Waals surface area contributed by atoms with E-state index in [4.69, 9.17) is 9.52 Å². The van der Waals surface area contributed by atoms with Crippen molar-refractivity contribution in [1.29, 1.82) is 0 Å². The van der Waals surface area contributed by atoms with Crippen molar-refractivity contribution in [3.05, 3.63) is 24.2 Å². The Hall–Kier alpha value is -0.450. The minimum atomic E-state index is 0.177. The van der Waals surface area contributed by atoms with Crippen LogP contribution >= 0.6 is 11.8 Å². The van der Waals surface area contributed by atoms with Gasteiger partial charge in [-0.3, -0.25) is 0 Å². The molecule has 0 bridgehead atoms. The summed E-state index contributed by atoms with van der Waals surface area (Å²) in [5.74, 6) is 0.930. The maximum absolute atomic E-state index is 9.16. The standard InChI is InChI=1S/C11H19NO2S/c1-8(10-5-4-6-14-10)12-9(2)11(7-13)15-3/h4-6,8-9,11-13H,7H2,1-3H3. The molecule has 0 aliphatic rings. The highest BCUT2D eigenvalue weighted by Crippen LogP contribution is 2.17. The van der Waals surface area contributed by atoms with Gasteiger partial charge in [-0.05, 0) is 32.2 Å². The van der Waals surface area contributed by atoms with Crippen molar-refractivity contribution >= 4 is 11.8 Å². The van der Waals surface area contributed by atoms with Crippen LogP contribution in [0.3, 0.4) is 0 Å². The van der Waals surface area contributed by atoms with Crippen molar-refractivity contribution in [2.24, 2.45) is 0 Å². The summed E-state index contributed by atoms with van der Waals surface area (Å²) < 4.78 is 5.31. The monoisotopic (exact) mass is 229 g/mol. The molecule has 0 radical (unpaired) electrons. The molecule has 0 aliphatic carbocycles. The first-order valence-electron chi connectivity index (χ1n) is 5.12. The van der Waals surface area contributed by atoms with Gasteiger partial charge in [-0.25, -0.2) is 0 Å². The zero-order valence-electron chi connectivity index (χ0n) is 9.43. The molecule has 86 valence electrons. The number of aliphatic hydroxyl groups excluding tert-OH is 1. The minimum Gasteiger partial charge on any atom is -0.468 e. The van der Waals surface area contributed by atoms with Gasteiger partial charge >= 0.3 is 0 Å². The number of thioether (sulfide) groups is 1. The quantitative estimate of drug-likeness (QED) is 0.783. The van der Waals surface area contributed by atoms with Crippen molar-refractivity contribution in [2.45, 2.75) is 31.2 Å². The molecule has 3 unspecified atom stereocenters. The zero-order valence-corrected chi connectivity index (χ0v) is 10.3. The van der Waals surface area contributed by atoms with Gasteiger partial charge in [0, 0.05) is 11.3 Å². The Morgan fingerprint density at radius 1 is 1.53 bits per heavy atom. The van der Waals surface area contributed by atoms with E-state index >= 15 is 0 Å². The molecule has 0 saturated carbocycles. The Balaban J connectivity index is 2.47. The molecule has 0 aliphatic heterocycles. The Bertz CT molecular complexity index is 260. The van der Waals surface area contributed by atoms with Crippen LogP contribution in [0.1, 0.15) is 25.6 Å². The predicted octanol–water partition coefficient (Wildman–Crippen LogP) is 2.04. The molecule has 1 aromatic rings. The molecule has 0 amide bonds. The fraction of sp³-hybridized carbons (Fsp3) is 0.636. The van der Waals surface area contributed by atoms with Gasteiger partial charge in [-0.15, -0.1) is 0 Å². The van der Waals surface area contributed by atoms with Crippen LogP contribution in [0, 0.1) is 0 Å². The maximum Gasteiger partial charge on any atom is 0.120 e. The lowest BCUT2D eigenvalue weighted by atomic mass is 10.2. The largest absolute Gasteiger partial charge is 0.468 e. The van der Waals surface area contributed by atoms with Crippen LogP contribution in [0.15, 0.2) is 22.8 Å². The van der Waals surface area contributed by atoms with Crippen LogP contribution in [0.5, 0.6) is 0 Å². The molecule has 2 N–H and O–H groups in total. The third kappa shape index (κ3) is 3.55. The number of rotatable bonds is 6. The minimum absolute atomic E-state index is 0.177. The second kappa shape index (κ2) is 6.20. The van der Waals surface area contributed by atoms with Gasteiger partial charge in [0.2, 0.25) is 0 Å². The molecule has 4 heteroatoms. The molecule has 0 aromatic carbocycles. The van der Waals surface area contributed by atoms with Crippen molar-refractivity contribution < 1.29 is 9.52 Å². The van der Waals surface area contributed by atoms with E-state index < -0.39 is 0 Å². The van der Waals surface area contributed by atoms with Gasteiger partial charge in [0.25, 0.3) is 0 Å². The van der Waals surface area contributed by atoms with E-state index in [1.165, 1.54) is 0 Å². The van der Waals surface area contributed by atoms with Gasteiger partial charge in [0.05, 0.1) is 18.9 Å². The van der Waals surface area contributed by atoms with E-state index in [1.54, 1.807) is 18.0 Å². The summed E-state index contributed by atoms with van der Waals surface area (Å²) in [7, 11) is 0. The number of hydrogen-bond donors (Lipinski definition) is 2. The lowest BCUT2D eigenvalue weighted by Crippen LogP contribution is -2.38. The highest BCUT2D eigenvalue weighted by Gasteiger charge is 2.18. The van der Waals surface area contributed by atoms with Crippen molar-refractivity contribution in [3.63, 3.8) is 0 Å². The molecule has 1 aromatic heterocycles. The van der Waals surface area contributed by atoms with Gasteiger partial charge in [0.1, 0.15) is 5.76 Å². The molecule has 3 nitrogen and oxygen atoms in total. The topological polar surface area (TPSA) is 45.4 Å². The summed E-state index contributed by atoms with van der Waals surface area (Å²) in [5.41, 5.74) is 0. The van der Waals surface area contributed by atoms with Crippen LogP contribution in [-0.4, -0.2) is 29.3 Å². The predicted molar refractivity (Wildman–Crippen MR) is 64.1 cm³/mol. The van der Waals surface area contributed by atoms with Gasteiger partial charge in [-0.1, -0.05) is 0 Å². The summed E-state index contributed by atoms with van der Waals surface area (Å²) in [6.45, 7) is 4.33. The SMILES string of the molecule is CSC(CO)C(C)NC(C)c1ccco1. The number of hydrogen-bond acceptors (Lipinski definition) is 4. The molecule has 15 heavy (non-hydrogen) atoms. The van der Waals surface area contributed by atoms with E-state index in [2.05, 4.69) is 19.2 Å². The smallest absolute Gasteiger partial charge is 0.120 e. The summed E-state index contributed by atoms with van der Waals surface area (Å²) in [4.78, 5) is 0. The molecule has 0 saturated heterocycles. The Kier molecular flexibility index (Phi) is 5.22. The van der Waals surface area contributed by atoms with Gasteiger partial charge in [-0.2, -0.15) is 11.8 Å². The van der Waals surface area contributed by atoms with Crippen molar-refractivity contribution in [3.8, 4) is 0 Å². The first kappa shape index (κ1) is 12.6. The molecule has 0 spiro atoms. The van der Waals surface area contributed by atoms with Crippen LogP contribution in [0.25, 0.3) is 0 Å². The van der Waals surface area contributed by atoms with Crippen molar-refractivity contribution in [1.82, 2.24) is 5.32 Å². The van der Waals surface area contributed by atoms with Crippen LogP contribution in [0.2, 0.25) is 0 Å². The summed E-state index contributed by atoms with van der Waals surface area (Å²) in [5, 5.41) is 12.8. The second-order valence-corrected chi connectivity index (χ2v) is 4.73. The Labute approximate surface area is 95.2 Å². The Morgan fingerprint density at radius 3 is 2.73 bits per heavy atom. The molecule has 3 atom stereocenters. The van der Waals surface area contributed by atoms with Crippen LogP contribution in [0.4, 0.5) is 0 Å². The summed E-state index contributed by atoms with van der Waals surface area (Å²) in [6, 6.07) is 4.27. The van der Waals surface area contributed by atoms with E-state index in [-0.39, 0.29) is 23.9 Å². The normalized spacial score (nSPS) is 17.3. The fourth-order valence-corrected chi connectivity index (χ4v) is 2.19. The summed E-state index contributed by atoms with van der Waals surface area (Å²) >= 11 is 1.67. The third-order valence-electron chi connectivity index (χ3n) is 2.52. The van der Waals surface area contributed by atoms with E-state index in [0.717, 1.165) is 5.76 Å². The first-order chi connectivity index (χ1) is 7.19. The van der Waals surface area contributed by atoms with E-state index in [1.807, 2.05) is 18.4 Å².